The van der Waals surface area contributed by atoms with Crippen LogP contribution in [0.3, 0.4) is 0 Å². The van der Waals surface area contributed by atoms with Crippen LogP contribution in [-0.2, 0) is 16.0 Å². The SMILES string of the molecule is Cc1ccc(C)c(C(=O)CN2C(=O)C(=O)N(CCc3cccs3)C2=O)c1. The van der Waals surface area contributed by atoms with E-state index in [-0.39, 0.29) is 12.3 Å². The molecule has 0 bridgehead atoms. The molecule has 1 aliphatic rings. The number of carbonyl (C=O) groups is 4. The third-order valence-corrected chi connectivity index (χ3v) is 5.23. The minimum Gasteiger partial charge on any atom is -0.292 e. The fourth-order valence-electron chi connectivity index (χ4n) is 2.83. The first-order chi connectivity index (χ1) is 12.4. The van der Waals surface area contributed by atoms with Gasteiger partial charge >= 0.3 is 17.8 Å². The summed E-state index contributed by atoms with van der Waals surface area (Å²) >= 11 is 1.52. The number of hydrogen-bond acceptors (Lipinski definition) is 5. The molecule has 1 fully saturated rings. The molecule has 0 saturated carbocycles. The molecule has 1 aromatic heterocycles. The van der Waals surface area contributed by atoms with Crippen molar-refractivity contribution < 1.29 is 19.2 Å². The topological polar surface area (TPSA) is 74.8 Å². The first-order valence-electron chi connectivity index (χ1n) is 8.18. The second-order valence-corrected chi connectivity index (χ2v) is 7.23. The third kappa shape index (κ3) is 3.43. The van der Waals surface area contributed by atoms with Crippen LogP contribution in [0.2, 0.25) is 0 Å². The van der Waals surface area contributed by atoms with E-state index in [4.69, 9.17) is 0 Å². The zero-order valence-electron chi connectivity index (χ0n) is 14.5. The summed E-state index contributed by atoms with van der Waals surface area (Å²) in [6.45, 7) is 3.35. The Bertz CT molecular complexity index is 889. The molecule has 0 unspecified atom stereocenters. The Morgan fingerprint density at radius 3 is 2.46 bits per heavy atom. The van der Waals surface area contributed by atoms with Gasteiger partial charge in [-0.25, -0.2) is 9.69 Å². The Labute approximate surface area is 155 Å². The van der Waals surface area contributed by atoms with Crippen molar-refractivity contribution in [2.75, 3.05) is 13.1 Å². The van der Waals surface area contributed by atoms with Gasteiger partial charge in [0.05, 0.1) is 6.54 Å². The van der Waals surface area contributed by atoms with E-state index in [0.29, 0.717) is 12.0 Å². The summed E-state index contributed by atoms with van der Waals surface area (Å²) in [5.41, 5.74) is 2.13. The lowest BCUT2D eigenvalue weighted by Crippen LogP contribution is -2.37. The van der Waals surface area contributed by atoms with E-state index in [2.05, 4.69) is 0 Å². The van der Waals surface area contributed by atoms with E-state index < -0.39 is 24.4 Å². The highest BCUT2D eigenvalue weighted by Gasteiger charge is 2.44. The smallest absolute Gasteiger partial charge is 0.292 e. The summed E-state index contributed by atoms with van der Waals surface area (Å²) in [7, 11) is 0. The summed E-state index contributed by atoms with van der Waals surface area (Å²) in [5, 5.41) is 1.91. The van der Waals surface area contributed by atoms with Crippen LogP contribution in [0.15, 0.2) is 35.7 Å². The number of urea groups is 1. The third-order valence-electron chi connectivity index (χ3n) is 4.29. The summed E-state index contributed by atoms with van der Waals surface area (Å²) in [6.07, 6.45) is 0.487. The van der Waals surface area contributed by atoms with Gasteiger partial charge in [-0.15, -0.1) is 11.3 Å². The Morgan fingerprint density at radius 1 is 1.04 bits per heavy atom. The maximum Gasteiger partial charge on any atom is 0.334 e. The quantitative estimate of drug-likeness (QED) is 0.445. The largest absolute Gasteiger partial charge is 0.334 e. The minimum absolute atomic E-state index is 0.123. The Balaban J connectivity index is 1.72. The number of ketones is 1. The number of carbonyl (C=O) groups excluding carboxylic acids is 4. The maximum atomic E-state index is 12.5. The zero-order valence-corrected chi connectivity index (χ0v) is 15.3. The van der Waals surface area contributed by atoms with Crippen molar-refractivity contribution >= 4 is 35.0 Å². The molecular weight excluding hydrogens is 352 g/mol. The van der Waals surface area contributed by atoms with Gasteiger partial charge in [-0.2, -0.15) is 0 Å². The molecule has 6 nitrogen and oxygen atoms in total. The van der Waals surface area contributed by atoms with E-state index in [9.17, 15) is 19.2 Å². The molecule has 2 heterocycles. The molecule has 134 valence electrons. The molecule has 2 aromatic rings. The fraction of sp³-hybridized carbons (Fsp3) is 0.263. The van der Waals surface area contributed by atoms with Gasteiger partial charge in [0.2, 0.25) is 0 Å². The van der Waals surface area contributed by atoms with E-state index >= 15 is 0 Å². The van der Waals surface area contributed by atoms with Crippen LogP contribution in [0, 0.1) is 13.8 Å². The summed E-state index contributed by atoms with van der Waals surface area (Å²) < 4.78 is 0. The van der Waals surface area contributed by atoms with Gasteiger partial charge < -0.3 is 0 Å². The molecule has 1 saturated heterocycles. The molecule has 0 aliphatic carbocycles. The van der Waals surface area contributed by atoms with E-state index in [0.717, 1.165) is 25.8 Å². The van der Waals surface area contributed by atoms with Gasteiger partial charge in [0.25, 0.3) is 0 Å². The molecule has 1 aliphatic heterocycles. The predicted octanol–water partition coefficient (Wildman–Crippen LogP) is 2.58. The maximum absolute atomic E-state index is 12.5. The highest BCUT2D eigenvalue weighted by Crippen LogP contribution is 2.18. The molecule has 0 atom stereocenters. The van der Waals surface area contributed by atoms with Crippen LogP contribution in [-0.4, -0.2) is 46.5 Å². The molecule has 0 N–H and O–H groups in total. The van der Waals surface area contributed by atoms with Crippen LogP contribution in [0.4, 0.5) is 4.79 Å². The Morgan fingerprint density at radius 2 is 1.77 bits per heavy atom. The Hall–Kier alpha value is -2.80. The average molecular weight is 370 g/mol. The second kappa shape index (κ2) is 7.21. The zero-order chi connectivity index (χ0) is 18.8. The summed E-state index contributed by atoms with van der Waals surface area (Å²) in [4.78, 5) is 52.0. The fourth-order valence-corrected chi connectivity index (χ4v) is 3.53. The normalized spacial score (nSPS) is 14.5. The number of hydrogen-bond donors (Lipinski definition) is 0. The van der Waals surface area contributed by atoms with Crippen LogP contribution in [0.1, 0.15) is 26.4 Å². The van der Waals surface area contributed by atoms with Crippen molar-refractivity contribution in [3.05, 3.63) is 57.3 Å². The highest BCUT2D eigenvalue weighted by molar-refractivity contribution is 7.09. The highest BCUT2D eigenvalue weighted by atomic mass is 32.1. The van der Waals surface area contributed by atoms with Crippen molar-refractivity contribution in [3.63, 3.8) is 0 Å². The number of imide groups is 2. The monoisotopic (exact) mass is 370 g/mol. The number of thiophene rings is 1. The molecule has 3 rings (SSSR count). The van der Waals surface area contributed by atoms with Crippen molar-refractivity contribution in [1.29, 1.82) is 0 Å². The van der Waals surface area contributed by atoms with Gasteiger partial charge in [-0.3, -0.25) is 19.3 Å². The van der Waals surface area contributed by atoms with Gasteiger partial charge in [0, 0.05) is 23.4 Å². The van der Waals surface area contributed by atoms with Crippen molar-refractivity contribution in [2.24, 2.45) is 0 Å². The van der Waals surface area contributed by atoms with E-state index in [1.165, 1.54) is 11.3 Å². The predicted molar refractivity (Wildman–Crippen MR) is 97.1 cm³/mol. The number of Topliss-reactive ketones (excluding diaryl/α,β-unsaturated/α-hetero) is 1. The van der Waals surface area contributed by atoms with Crippen LogP contribution in [0.5, 0.6) is 0 Å². The molecule has 0 radical (unpaired) electrons. The van der Waals surface area contributed by atoms with E-state index in [1.807, 2.05) is 36.6 Å². The minimum atomic E-state index is -0.945. The molecule has 26 heavy (non-hydrogen) atoms. The van der Waals surface area contributed by atoms with Gasteiger partial charge in [-0.05, 0) is 36.9 Å². The van der Waals surface area contributed by atoms with Gasteiger partial charge in [0.15, 0.2) is 5.78 Å². The van der Waals surface area contributed by atoms with Gasteiger partial charge in [-0.1, -0.05) is 23.8 Å². The van der Waals surface area contributed by atoms with Crippen LogP contribution < -0.4 is 0 Å². The van der Waals surface area contributed by atoms with Crippen molar-refractivity contribution in [1.82, 2.24) is 9.80 Å². The first-order valence-corrected chi connectivity index (χ1v) is 9.06. The lowest BCUT2D eigenvalue weighted by atomic mass is 10.0. The number of amides is 4. The number of rotatable bonds is 6. The van der Waals surface area contributed by atoms with E-state index in [1.54, 1.807) is 13.0 Å². The van der Waals surface area contributed by atoms with Crippen molar-refractivity contribution in [3.8, 4) is 0 Å². The van der Waals surface area contributed by atoms with Crippen LogP contribution >= 0.6 is 11.3 Å². The summed E-state index contributed by atoms with van der Waals surface area (Å²) in [5.74, 6) is -2.18. The second-order valence-electron chi connectivity index (χ2n) is 6.20. The Kier molecular flexibility index (Phi) is 4.99. The molecule has 7 heteroatoms. The molecular formula is C19H18N2O4S. The average Bonchev–Trinajstić information content (AvgIpc) is 3.19. The number of nitrogens with zero attached hydrogens (tertiary/aromatic N) is 2. The lowest BCUT2D eigenvalue weighted by Gasteiger charge is -2.15. The standard InChI is InChI=1S/C19H18N2O4S/c1-12-5-6-13(2)15(10-12)16(22)11-21-18(24)17(23)20(19(21)25)8-7-14-4-3-9-26-14/h3-6,9-10H,7-8,11H2,1-2H3. The number of benzene rings is 1. The van der Waals surface area contributed by atoms with Gasteiger partial charge in [0.1, 0.15) is 0 Å². The molecule has 0 spiro atoms. The molecule has 4 amide bonds. The summed E-state index contributed by atoms with van der Waals surface area (Å²) in [6, 6.07) is 8.48. The number of aryl methyl sites for hydroxylation is 2. The molecule has 1 aromatic carbocycles. The van der Waals surface area contributed by atoms with Crippen molar-refractivity contribution in [2.45, 2.75) is 20.3 Å². The lowest BCUT2D eigenvalue weighted by molar-refractivity contribution is -0.143. The van der Waals surface area contributed by atoms with Crippen LogP contribution in [0.25, 0.3) is 0 Å². The first kappa shape index (κ1) is 18.0.